The predicted octanol–water partition coefficient (Wildman–Crippen LogP) is 2.69. The van der Waals surface area contributed by atoms with Crippen molar-refractivity contribution in [3.8, 4) is 0 Å². The van der Waals surface area contributed by atoms with Crippen LogP contribution in [0.15, 0.2) is 18.2 Å². The molecule has 0 amide bonds. The average Bonchev–Trinajstić information content (AvgIpc) is 2.66. The Hall–Kier alpha value is -0.680. The minimum absolute atomic E-state index is 0.719. The molecule has 0 unspecified atom stereocenters. The number of ether oxygens (including phenoxy) is 1. The second kappa shape index (κ2) is 5.59. The van der Waals surface area contributed by atoms with Crippen molar-refractivity contribution >= 4 is 33.2 Å². The molecule has 2 rings (SSSR count). The van der Waals surface area contributed by atoms with Crippen molar-refractivity contribution in [1.29, 1.82) is 0 Å². The SMILES string of the molecule is COCCNCc1nc2cc(Cl)ccc2s1. The molecular formula is C11H13ClN2OS. The van der Waals surface area contributed by atoms with Crippen LogP contribution in [0.3, 0.4) is 0 Å². The molecule has 0 spiro atoms. The number of methoxy groups -OCH3 is 1. The monoisotopic (exact) mass is 256 g/mol. The van der Waals surface area contributed by atoms with Crippen LogP contribution in [-0.4, -0.2) is 25.2 Å². The van der Waals surface area contributed by atoms with Gasteiger partial charge in [-0.1, -0.05) is 11.6 Å². The maximum absolute atomic E-state index is 5.91. The van der Waals surface area contributed by atoms with Gasteiger partial charge < -0.3 is 10.1 Å². The van der Waals surface area contributed by atoms with Gasteiger partial charge in [-0.25, -0.2) is 4.98 Å². The molecule has 0 saturated heterocycles. The van der Waals surface area contributed by atoms with Gasteiger partial charge in [-0.2, -0.15) is 0 Å². The van der Waals surface area contributed by atoms with E-state index in [2.05, 4.69) is 10.3 Å². The smallest absolute Gasteiger partial charge is 0.108 e. The highest BCUT2D eigenvalue weighted by atomic mass is 35.5. The van der Waals surface area contributed by atoms with Crippen molar-refractivity contribution in [3.05, 3.63) is 28.2 Å². The summed E-state index contributed by atoms with van der Waals surface area (Å²) < 4.78 is 6.13. The van der Waals surface area contributed by atoms with Gasteiger partial charge >= 0.3 is 0 Å². The van der Waals surface area contributed by atoms with Crippen LogP contribution in [0.1, 0.15) is 5.01 Å². The zero-order chi connectivity index (χ0) is 11.4. The van der Waals surface area contributed by atoms with E-state index < -0.39 is 0 Å². The first-order valence-corrected chi connectivity index (χ1v) is 6.23. The maximum Gasteiger partial charge on any atom is 0.108 e. The van der Waals surface area contributed by atoms with E-state index in [1.165, 1.54) is 4.70 Å². The summed E-state index contributed by atoms with van der Waals surface area (Å²) in [5.41, 5.74) is 0.973. The van der Waals surface area contributed by atoms with E-state index in [4.69, 9.17) is 16.3 Å². The summed E-state index contributed by atoms with van der Waals surface area (Å²) in [4.78, 5) is 4.50. The molecule has 86 valence electrons. The summed E-state index contributed by atoms with van der Waals surface area (Å²) >= 11 is 7.60. The topological polar surface area (TPSA) is 34.1 Å². The van der Waals surface area contributed by atoms with Crippen LogP contribution in [0.25, 0.3) is 10.2 Å². The molecule has 1 heterocycles. The first kappa shape index (κ1) is 11.8. The lowest BCUT2D eigenvalue weighted by Crippen LogP contribution is -2.18. The van der Waals surface area contributed by atoms with Gasteiger partial charge in [-0.3, -0.25) is 0 Å². The van der Waals surface area contributed by atoms with Crippen LogP contribution in [0, 0.1) is 0 Å². The number of nitrogens with one attached hydrogen (secondary N) is 1. The van der Waals surface area contributed by atoms with Gasteiger partial charge in [-0.05, 0) is 18.2 Å². The Morgan fingerprint density at radius 3 is 3.19 bits per heavy atom. The standard InChI is InChI=1S/C11H13ClN2OS/c1-15-5-4-13-7-11-14-9-6-8(12)2-3-10(9)16-11/h2-3,6,13H,4-5,7H2,1H3. The fraction of sp³-hybridized carbons (Fsp3) is 0.364. The lowest BCUT2D eigenvalue weighted by atomic mass is 10.3. The molecule has 0 aliphatic carbocycles. The fourth-order valence-electron chi connectivity index (χ4n) is 1.39. The normalized spacial score (nSPS) is 11.1. The predicted molar refractivity (Wildman–Crippen MR) is 68.2 cm³/mol. The van der Waals surface area contributed by atoms with E-state index in [1.54, 1.807) is 18.4 Å². The molecular weight excluding hydrogens is 244 g/mol. The van der Waals surface area contributed by atoms with Crippen LogP contribution in [0.2, 0.25) is 5.02 Å². The lowest BCUT2D eigenvalue weighted by molar-refractivity contribution is 0.199. The Kier molecular flexibility index (Phi) is 4.12. The van der Waals surface area contributed by atoms with Crippen molar-refractivity contribution in [1.82, 2.24) is 10.3 Å². The zero-order valence-electron chi connectivity index (χ0n) is 9.00. The number of benzene rings is 1. The fourth-order valence-corrected chi connectivity index (χ4v) is 2.48. The van der Waals surface area contributed by atoms with Crippen molar-refractivity contribution in [2.75, 3.05) is 20.3 Å². The summed E-state index contributed by atoms with van der Waals surface area (Å²) in [6.45, 7) is 2.34. The minimum atomic E-state index is 0.719. The van der Waals surface area contributed by atoms with E-state index >= 15 is 0 Å². The Morgan fingerprint density at radius 1 is 1.50 bits per heavy atom. The highest BCUT2D eigenvalue weighted by Gasteiger charge is 2.03. The number of hydrogen-bond acceptors (Lipinski definition) is 4. The summed E-state index contributed by atoms with van der Waals surface area (Å²) in [6.07, 6.45) is 0. The third kappa shape index (κ3) is 2.92. The maximum atomic E-state index is 5.91. The molecule has 1 aromatic carbocycles. The van der Waals surface area contributed by atoms with Gasteiger partial charge in [0.2, 0.25) is 0 Å². The summed E-state index contributed by atoms with van der Waals surface area (Å²) in [6, 6.07) is 5.80. The Labute approximate surface area is 103 Å². The molecule has 16 heavy (non-hydrogen) atoms. The van der Waals surface area contributed by atoms with E-state index in [0.29, 0.717) is 0 Å². The van der Waals surface area contributed by atoms with Gasteiger partial charge in [-0.15, -0.1) is 11.3 Å². The van der Waals surface area contributed by atoms with Gasteiger partial charge in [0.15, 0.2) is 0 Å². The molecule has 2 aromatic rings. The number of aromatic nitrogens is 1. The molecule has 3 nitrogen and oxygen atoms in total. The highest BCUT2D eigenvalue weighted by molar-refractivity contribution is 7.18. The lowest BCUT2D eigenvalue weighted by Gasteiger charge is -1.99. The van der Waals surface area contributed by atoms with Crippen LogP contribution in [-0.2, 0) is 11.3 Å². The van der Waals surface area contributed by atoms with Crippen molar-refractivity contribution in [3.63, 3.8) is 0 Å². The molecule has 0 radical (unpaired) electrons. The molecule has 0 saturated carbocycles. The molecule has 0 bridgehead atoms. The Balaban J connectivity index is 2.02. The Morgan fingerprint density at radius 2 is 2.38 bits per heavy atom. The number of nitrogens with zero attached hydrogens (tertiary/aromatic N) is 1. The van der Waals surface area contributed by atoms with Crippen LogP contribution >= 0.6 is 22.9 Å². The highest BCUT2D eigenvalue weighted by Crippen LogP contribution is 2.24. The second-order valence-corrected chi connectivity index (χ2v) is 4.94. The average molecular weight is 257 g/mol. The first-order chi connectivity index (χ1) is 7.79. The quantitative estimate of drug-likeness (QED) is 0.836. The van der Waals surface area contributed by atoms with E-state index in [1.807, 2.05) is 18.2 Å². The number of fused-ring (bicyclic) bond motifs is 1. The van der Waals surface area contributed by atoms with Gasteiger partial charge in [0.25, 0.3) is 0 Å². The van der Waals surface area contributed by atoms with Crippen molar-refractivity contribution in [2.45, 2.75) is 6.54 Å². The third-order valence-corrected chi connectivity index (χ3v) is 3.42. The number of rotatable bonds is 5. The number of thiazole rings is 1. The van der Waals surface area contributed by atoms with Crippen LogP contribution in [0.4, 0.5) is 0 Å². The molecule has 0 aliphatic heterocycles. The first-order valence-electron chi connectivity index (χ1n) is 5.04. The molecule has 0 fully saturated rings. The number of hydrogen-bond donors (Lipinski definition) is 1. The van der Waals surface area contributed by atoms with E-state index in [9.17, 15) is 0 Å². The molecule has 0 atom stereocenters. The third-order valence-electron chi connectivity index (χ3n) is 2.15. The van der Waals surface area contributed by atoms with Gasteiger partial charge in [0, 0.05) is 25.2 Å². The molecule has 5 heteroatoms. The molecule has 1 aromatic heterocycles. The van der Waals surface area contributed by atoms with Gasteiger partial charge in [0.1, 0.15) is 5.01 Å². The molecule has 0 aliphatic rings. The van der Waals surface area contributed by atoms with Gasteiger partial charge in [0.05, 0.1) is 16.8 Å². The summed E-state index contributed by atoms with van der Waals surface area (Å²) in [5.74, 6) is 0. The van der Waals surface area contributed by atoms with E-state index in [0.717, 1.165) is 35.2 Å². The Bertz CT molecular complexity index is 472. The molecule has 1 N–H and O–H groups in total. The minimum Gasteiger partial charge on any atom is -0.383 e. The summed E-state index contributed by atoms with van der Waals surface area (Å²) in [7, 11) is 1.70. The van der Waals surface area contributed by atoms with Crippen LogP contribution in [0.5, 0.6) is 0 Å². The second-order valence-electron chi connectivity index (χ2n) is 3.39. The zero-order valence-corrected chi connectivity index (χ0v) is 10.6. The van der Waals surface area contributed by atoms with Crippen LogP contribution < -0.4 is 5.32 Å². The van der Waals surface area contributed by atoms with Crippen molar-refractivity contribution < 1.29 is 4.74 Å². The summed E-state index contributed by atoms with van der Waals surface area (Å²) in [5, 5.41) is 5.08. The van der Waals surface area contributed by atoms with Crippen molar-refractivity contribution in [2.24, 2.45) is 0 Å². The number of halogens is 1. The largest absolute Gasteiger partial charge is 0.383 e. The van der Waals surface area contributed by atoms with E-state index in [-0.39, 0.29) is 0 Å².